The second-order valence-electron chi connectivity index (χ2n) is 1.21. The average Bonchev–Trinajstić information content (AvgIpc) is 1.84. The molecule has 0 amide bonds. The molecule has 2 heteroatoms. The van der Waals surface area contributed by atoms with Crippen LogP contribution < -0.4 is 5.73 Å². The number of nitrogens with two attached hydrogens (primary N) is 1. The highest BCUT2D eigenvalue weighted by Crippen LogP contribution is 2.08. The van der Waals surface area contributed by atoms with E-state index in [9.17, 15) is 0 Å². The highest BCUT2D eigenvalue weighted by Gasteiger charge is 1.85. The van der Waals surface area contributed by atoms with Gasteiger partial charge in [-0.2, -0.15) is 0 Å². The van der Waals surface area contributed by atoms with Gasteiger partial charge in [0, 0.05) is 10.2 Å². The topological polar surface area (TPSA) is 26.0 Å². The van der Waals surface area contributed by atoms with Crippen molar-refractivity contribution in [2.75, 3.05) is 0 Å². The Bertz CT molecular complexity index is 119. The van der Waals surface area contributed by atoms with Gasteiger partial charge in [0.1, 0.15) is 0 Å². The molecule has 44 valence electrons. The van der Waals surface area contributed by atoms with Crippen molar-refractivity contribution in [1.82, 2.24) is 0 Å². The highest BCUT2D eigenvalue weighted by atomic mass is 79.9. The Hall–Kier alpha value is -0.500. The van der Waals surface area contributed by atoms with E-state index in [1.54, 1.807) is 12.2 Å². The van der Waals surface area contributed by atoms with Crippen LogP contribution >= 0.6 is 15.9 Å². The largest absolute Gasteiger partial charge is 0.398 e. The molecule has 0 fully saturated rings. The van der Waals surface area contributed by atoms with E-state index in [0.717, 1.165) is 4.48 Å². The predicted octanol–water partition coefficient (Wildman–Crippen LogP) is 1.92. The van der Waals surface area contributed by atoms with Gasteiger partial charge in [0.2, 0.25) is 0 Å². The summed E-state index contributed by atoms with van der Waals surface area (Å²) in [5, 5.41) is 0. The maximum atomic E-state index is 5.37. The number of rotatable bonds is 2. The Balaban J connectivity index is 4.25. The minimum atomic E-state index is 0.611. The van der Waals surface area contributed by atoms with Crippen LogP contribution in [0.1, 0.15) is 0 Å². The Labute approximate surface area is 57.7 Å². The van der Waals surface area contributed by atoms with Crippen LogP contribution in [-0.4, -0.2) is 0 Å². The lowest BCUT2D eigenvalue weighted by Gasteiger charge is -1.90. The van der Waals surface area contributed by atoms with E-state index in [0.29, 0.717) is 5.70 Å². The van der Waals surface area contributed by atoms with Gasteiger partial charge in [0.05, 0.1) is 0 Å². The molecule has 0 atom stereocenters. The van der Waals surface area contributed by atoms with E-state index in [4.69, 9.17) is 5.73 Å². The highest BCUT2D eigenvalue weighted by molar-refractivity contribution is 9.11. The molecular weight excluding hydrogens is 166 g/mol. The van der Waals surface area contributed by atoms with Gasteiger partial charge in [-0.15, -0.1) is 0 Å². The van der Waals surface area contributed by atoms with Crippen molar-refractivity contribution in [3.05, 3.63) is 35.5 Å². The number of hydrogen-bond acceptors (Lipinski definition) is 1. The van der Waals surface area contributed by atoms with E-state index in [-0.39, 0.29) is 0 Å². The summed E-state index contributed by atoms with van der Waals surface area (Å²) in [6, 6.07) is 0. The van der Waals surface area contributed by atoms with Gasteiger partial charge in [0.25, 0.3) is 0 Å². The maximum absolute atomic E-state index is 5.37. The first kappa shape index (κ1) is 7.50. The van der Waals surface area contributed by atoms with Crippen molar-refractivity contribution in [2.45, 2.75) is 0 Å². The molecule has 0 aliphatic heterocycles. The summed E-state index contributed by atoms with van der Waals surface area (Å²) >= 11 is 3.17. The molecule has 0 aromatic heterocycles. The molecule has 0 aromatic carbocycles. The van der Waals surface area contributed by atoms with Gasteiger partial charge in [0.15, 0.2) is 0 Å². The van der Waals surface area contributed by atoms with E-state index in [1.807, 2.05) is 0 Å². The molecule has 0 radical (unpaired) electrons. The van der Waals surface area contributed by atoms with Crippen molar-refractivity contribution < 1.29 is 0 Å². The lowest BCUT2D eigenvalue weighted by molar-refractivity contribution is 1.43. The van der Waals surface area contributed by atoms with Crippen molar-refractivity contribution >= 4 is 15.9 Å². The first-order chi connectivity index (χ1) is 3.72. The zero-order valence-corrected chi connectivity index (χ0v) is 6.11. The fourth-order valence-electron chi connectivity index (χ4n) is 0.215. The Kier molecular flexibility index (Phi) is 3.28. The second-order valence-corrected chi connectivity index (χ2v) is 2.07. The standard InChI is InChI=1S/C6H8BrN/c1-3-5(7)6(8)4-2/h3-4H,1-2,8H2/b6-5-. The molecule has 1 nitrogen and oxygen atoms in total. The minimum absolute atomic E-state index is 0.611. The maximum Gasteiger partial charge on any atom is 0.0452 e. The zero-order valence-electron chi connectivity index (χ0n) is 4.52. The summed E-state index contributed by atoms with van der Waals surface area (Å²) in [7, 11) is 0. The normalized spacial score (nSPS) is 12.1. The fraction of sp³-hybridized carbons (Fsp3) is 0. The molecule has 0 aliphatic carbocycles. The molecule has 0 aromatic rings. The quantitative estimate of drug-likeness (QED) is 0.636. The third-order valence-corrected chi connectivity index (χ3v) is 1.46. The lowest BCUT2D eigenvalue weighted by Crippen LogP contribution is -1.92. The molecule has 0 spiro atoms. The van der Waals surface area contributed by atoms with Gasteiger partial charge < -0.3 is 5.73 Å². The van der Waals surface area contributed by atoms with Crippen LogP contribution in [0.25, 0.3) is 0 Å². The van der Waals surface area contributed by atoms with Crippen molar-refractivity contribution in [1.29, 1.82) is 0 Å². The Morgan fingerprint density at radius 2 is 1.88 bits per heavy atom. The average molecular weight is 174 g/mol. The van der Waals surface area contributed by atoms with Gasteiger partial charge in [-0.1, -0.05) is 19.2 Å². The summed E-state index contributed by atoms with van der Waals surface area (Å²) in [4.78, 5) is 0. The van der Waals surface area contributed by atoms with Gasteiger partial charge in [-0.3, -0.25) is 0 Å². The second kappa shape index (κ2) is 3.50. The van der Waals surface area contributed by atoms with Crippen LogP contribution in [0.5, 0.6) is 0 Å². The van der Waals surface area contributed by atoms with E-state index < -0.39 is 0 Å². The van der Waals surface area contributed by atoms with Crippen LogP contribution in [0.2, 0.25) is 0 Å². The molecule has 8 heavy (non-hydrogen) atoms. The molecule has 0 rings (SSSR count). The summed E-state index contributed by atoms with van der Waals surface area (Å²) in [5.41, 5.74) is 5.98. The first-order valence-corrected chi connectivity index (χ1v) is 2.91. The van der Waals surface area contributed by atoms with Crippen LogP contribution in [0, 0.1) is 0 Å². The third-order valence-electron chi connectivity index (χ3n) is 0.675. The summed E-state index contributed by atoms with van der Waals surface area (Å²) in [5.74, 6) is 0. The number of hydrogen-bond donors (Lipinski definition) is 1. The Morgan fingerprint density at radius 1 is 1.38 bits per heavy atom. The predicted molar refractivity (Wildman–Crippen MR) is 40.5 cm³/mol. The number of halogens is 1. The lowest BCUT2D eigenvalue weighted by atomic mass is 10.4. The minimum Gasteiger partial charge on any atom is -0.398 e. The van der Waals surface area contributed by atoms with Gasteiger partial charge in [-0.25, -0.2) is 0 Å². The van der Waals surface area contributed by atoms with E-state index in [2.05, 4.69) is 29.1 Å². The van der Waals surface area contributed by atoms with Crippen molar-refractivity contribution in [3.63, 3.8) is 0 Å². The molecule has 0 saturated carbocycles. The molecule has 0 bridgehead atoms. The van der Waals surface area contributed by atoms with E-state index in [1.165, 1.54) is 0 Å². The van der Waals surface area contributed by atoms with Crippen LogP contribution in [-0.2, 0) is 0 Å². The third kappa shape index (κ3) is 1.98. The molecule has 0 unspecified atom stereocenters. The van der Waals surface area contributed by atoms with Crippen LogP contribution in [0.15, 0.2) is 35.5 Å². The molecule has 0 heterocycles. The first-order valence-electron chi connectivity index (χ1n) is 2.12. The summed E-state index contributed by atoms with van der Waals surface area (Å²) in [6.45, 7) is 6.97. The molecule has 0 saturated heterocycles. The zero-order chi connectivity index (χ0) is 6.57. The molecular formula is C6H8BrN. The van der Waals surface area contributed by atoms with Crippen LogP contribution in [0.4, 0.5) is 0 Å². The fourth-order valence-corrected chi connectivity index (χ4v) is 0.377. The van der Waals surface area contributed by atoms with Gasteiger partial charge >= 0.3 is 0 Å². The van der Waals surface area contributed by atoms with E-state index >= 15 is 0 Å². The van der Waals surface area contributed by atoms with Gasteiger partial charge in [-0.05, 0) is 22.0 Å². The van der Waals surface area contributed by atoms with Crippen molar-refractivity contribution in [2.24, 2.45) is 5.73 Å². The molecule has 0 aliphatic rings. The van der Waals surface area contributed by atoms with Crippen LogP contribution in [0.3, 0.4) is 0 Å². The Morgan fingerprint density at radius 3 is 2.00 bits per heavy atom. The number of allylic oxidation sites excluding steroid dienone is 3. The smallest absolute Gasteiger partial charge is 0.0452 e. The van der Waals surface area contributed by atoms with Crippen molar-refractivity contribution in [3.8, 4) is 0 Å². The molecule has 2 N–H and O–H groups in total. The monoisotopic (exact) mass is 173 g/mol. The summed E-state index contributed by atoms with van der Waals surface area (Å²) < 4.78 is 0.785. The summed E-state index contributed by atoms with van der Waals surface area (Å²) in [6.07, 6.45) is 3.18. The SMILES string of the molecule is C=C/C(N)=C(/Br)C=C.